The van der Waals surface area contributed by atoms with E-state index in [-0.39, 0.29) is 23.8 Å². The number of nitrogens with zero attached hydrogens (tertiary/aromatic N) is 1. The largest absolute Gasteiger partial charge is 0.482 e. The summed E-state index contributed by atoms with van der Waals surface area (Å²) >= 11 is 0.788. The maximum Gasteiger partial charge on any atom is 0.265 e. The number of thioether (sulfide) groups is 1. The summed E-state index contributed by atoms with van der Waals surface area (Å²) in [6.45, 7) is -0.502. The van der Waals surface area contributed by atoms with Crippen molar-refractivity contribution < 1.29 is 27.9 Å². The minimum Gasteiger partial charge on any atom is -0.482 e. The average molecular weight is 407 g/mol. The molecule has 0 aromatic heterocycles. The van der Waals surface area contributed by atoms with Crippen LogP contribution in [0.2, 0.25) is 0 Å². The first kappa shape index (κ1) is 19.6. The lowest BCUT2D eigenvalue weighted by atomic mass is 10.2. The van der Waals surface area contributed by atoms with Crippen LogP contribution in [0.25, 0.3) is 0 Å². The van der Waals surface area contributed by atoms with E-state index in [1.54, 1.807) is 24.3 Å². The Labute approximate surface area is 163 Å². The molecule has 1 aliphatic rings. The van der Waals surface area contributed by atoms with E-state index in [4.69, 9.17) is 4.74 Å². The maximum absolute atomic E-state index is 13.5. The fraction of sp³-hybridized carbons (Fsp3) is 0.167. The quantitative estimate of drug-likeness (QED) is 0.581. The van der Waals surface area contributed by atoms with Crippen LogP contribution in [0.15, 0.2) is 47.4 Å². The smallest absolute Gasteiger partial charge is 0.265 e. The molecular formula is C18H15F2N3O4S. The predicted octanol–water partition coefficient (Wildman–Crippen LogP) is 1.63. The number of amides is 3. The van der Waals surface area contributed by atoms with Gasteiger partial charge in [-0.2, -0.15) is 0 Å². The number of carbonyl (C=O) groups excluding carboxylic acids is 3. The first-order valence-corrected chi connectivity index (χ1v) is 9.10. The van der Waals surface area contributed by atoms with Gasteiger partial charge in [0.05, 0.1) is 11.4 Å². The molecule has 0 saturated carbocycles. The highest BCUT2D eigenvalue weighted by Gasteiger charge is 2.27. The van der Waals surface area contributed by atoms with Crippen molar-refractivity contribution in [1.82, 2.24) is 10.9 Å². The second-order valence-electron chi connectivity index (χ2n) is 5.70. The molecule has 10 heteroatoms. The number of carbonyl (C=O) groups is 3. The molecule has 3 rings (SSSR count). The highest BCUT2D eigenvalue weighted by atomic mass is 32.2. The van der Waals surface area contributed by atoms with Gasteiger partial charge in [0.25, 0.3) is 11.8 Å². The lowest BCUT2D eigenvalue weighted by Gasteiger charge is -2.28. The molecule has 0 atom stereocenters. The predicted molar refractivity (Wildman–Crippen MR) is 97.7 cm³/mol. The van der Waals surface area contributed by atoms with Gasteiger partial charge >= 0.3 is 0 Å². The maximum atomic E-state index is 13.5. The Balaban J connectivity index is 1.50. The van der Waals surface area contributed by atoms with Gasteiger partial charge in [-0.15, -0.1) is 11.8 Å². The molecule has 2 aromatic carbocycles. The summed E-state index contributed by atoms with van der Waals surface area (Å²) in [5, 5.41) is 0. The summed E-state index contributed by atoms with van der Waals surface area (Å²) in [6.07, 6.45) is 0. The standard InChI is InChI=1S/C18H15F2N3O4S/c19-11-5-6-12(20)15(7-11)28-10-17(25)22-21-16(24)8-23-13-3-1-2-4-14(13)27-9-18(23)26/h1-7H,8-10H2,(H,21,24)(H,22,25). The topological polar surface area (TPSA) is 87.7 Å². The first-order chi connectivity index (χ1) is 13.4. The Morgan fingerprint density at radius 3 is 2.68 bits per heavy atom. The number of halogens is 2. The zero-order valence-electron chi connectivity index (χ0n) is 14.4. The Morgan fingerprint density at radius 1 is 1.11 bits per heavy atom. The van der Waals surface area contributed by atoms with Crippen molar-refractivity contribution in [3.63, 3.8) is 0 Å². The van der Waals surface area contributed by atoms with Crippen molar-refractivity contribution in [2.45, 2.75) is 4.90 Å². The van der Waals surface area contributed by atoms with Crippen LogP contribution in [0.3, 0.4) is 0 Å². The van der Waals surface area contributed by atoms with Gasteiger partial charge in [-0.25, -0.2) is 8.78 Å². The van der Waals surface area contributed by atoms with Gasteiger partial charge in [0.15, 0.2) is 6.61 Å². The molecule has 146 valence electrons. The van der Waals surface area contributed by atoms with Crippen LogP contribution in [0.1, 0.15) is 0 Å². The van der Waals surface area contributed by atoms with Crippen LogP contribution in [0.4, 0.5) is 14.5 Å². The van der Waals surface area contributed by atoms with Crippen LogP contribution < -0.4 is 20.5 Å². The first-order valence-electron chi connectivity index (χ1n) is 8.12. The van der Waals surface area contributed by atoms with Crippen LogP contribution in [0.5, 0.6) is 5.75 Å². The van der Waals surface area contributed by atoms with Gasteiger partial charge in [-0.05, 0) is 30.3 Å². The van der Waals surface area contributed by atoms with Crippen molar-refractivity contribution in [3.8, 4) is 5.75 Å². The fourth-order valence-electron chi connectivity index (χ4n) is 2.42. The number of anilines is 1. The summed E-state index contributed by atoms with van der Waals surface area (Å²) in [5.41, 5.74) is 4.82. The molecule has 0 spiro atoms. The van der Waals surface area contributed by atoms with Crippen LogP contribution in [-0.2, 0) is 14.4 Å². The van der Waals surface area contributed by atoms with Crippen molar-refractivity contribution in [3.05, 3.63) is 54.1 Å². The third-order valence-corrected chi connectivity index (χ3v) is 4.73. The zero-order chi connectivity index (χ0) is 20.1. The summed E-state index contributed by atoms with van der Waals surface area (Å²) < 4.78 is 31.9. The number of benzene rings is 2. The van der Waals surface area contributed by atoms with E-state index < -0.39 is 29.4 Å². The van der Waals surface area contributed by atoms with E-state index in [1.807, 2.05) is 0 Å². The summed E-state index contributed by atoms with van der Waals surface area (Å²) in [6, 6.07) is 9.69. The number of hydrazine groups is 1. The number of hydrogen-bond acceptors (Lipinski definition) is 5. The van der Waals surface area contributed by atoms with E-state index in [9.17, 15) is 23.2 Å². The second kappa shape index (κ2) is 8.70. The molecular weight excluding hydrogens is 392 g/mol. The molecule has 0 bridgehead atoms. The van der Waals surface area contributed by atoms with E-state index >= 15 is 0 Å². The third-order valence-electron chi connectivity index (χ3n) is 3.70. The Morgan fingerprint density at radius 2 is 1.86 bits per heavy atom. The average Bonchev–Trinajstić information content (AvgIpc) is 2.69. The summed E-state index contributed by atoms with van der Waals surface area (Å²) in [7, 11) is 0. The molecule has 1 heterocycles. The monoisotopic (exact) mass is 407 g/mol. The Kier molecular flexibility index (Phi) is 6.09. The molecule has 28 heavy (non-hydrogen) atoms. The second-order valence-corrected chi connectivity index (χ2v) is 6.71. The molecule has 0 aliphatic carbocycles. The van der Waals surface area contributed by atoms with Crippen molar-refractivity contribution in [2.24, 2.45) is 0 Å². The number of hydrogen-bond donors (Lipinski definition) is 2. The number of fused-ring (bicyclic) bond motifs is 1. The lowest BCUT2D eigenvalue weighted by Crippen LogP contribution is -2.50. The number of ether oxygens (including phenoxy) is 1. The summed E-state index contributed by atoms with van der Waals surface area (Å²) in [4.78, 5) is 37.1. The van der Waals surface area contributed by atoms with Gasteiger partial charge in [-0.1, -0.05) is 12.1 Å². The zero-order valence-corrected chi connectivity index (χ0v) is 15.2. The summed E-state index contributed by atoms with van der Waals surface area (Å²) in [5.74, 6) is -2.65. The number of nitrogens with one attached hydrogen (secondary N) is 2. The van der Waals surface area contributed by atoms with Gasteiger partial charge in [0.1, 0.15) is 23.9 Å². The normalized spacial score (nSPS) is 12.8. The highest BCUT2D eigenvalue weighted by Crippen LogP contribution is 2.31. The van der Waals surface area contributed by atoms with Gasteiger partial charge in [0, 0.05) is 4.90 Å². The van der Waals surface area contributed by atoms with Crippen LogP contribution in [0, 0.1) is 11.6 Å². The number of rotatable bonds is 5. The lowest BCUT2D eigenvalue weighted by molar-refractivity contribution is -0.128. The molecule has 2 N–H and O–H groups in total. The Bertz CT molecular complexity index is 925. The molecule has 2 aromatic rings. The van der Waals surface area contributed by atoms with Gasteiger partial charge in [-0.3, -0.25) is 30.1 Å². The van der Waals surface area contributed by atoms with E-state index in [0.717, 1.165) is 30.0 Å². The fourth-order valence-corrected chi connectivity index (χ4v) is 3.18. The molecule has 0 unspecified atom stereocenters. The molecule has 0 fully saturated rings. The molecule has 1 aliphatic heterocycles. The van der Waals surface area contributed by atoms with Crippen LogP contribution in [-0.4, -0.2) is 36.6 Å². The Hall–Kier alpha value is -3.14. The molecule has 3 amide bonds. The number of para-hydroxylation sites is 2. The van der Waals surface area contributed by atoms with E-state index in [2.05, 4.69) is 10.9 Å². The molecule has 0 saturated heterocycles. The highest BCUT2D eigenvalue weighted by molar-refractivity contribution is 8.00. The van der Waals surface area contributed by atoms with Crippen LogP contribution >= 0.6 is 11.8 Å². The van der Waals surface area contributed by atoms with Crippen molar-refractivity contribution in [2.75, 3.05) is 23.8 Å². The minimum atomic E-state index is -0.646. The van der Waals surface area contributed by atoms with Gasteiger partial charge in [0.2, 0.25) is 5.91 Å². The van der Waals surface area contributed by atoms with E-state index in [0.29, 0.717) is 11.4 Å². The molecule has 7 nitrogen and oxygen atoms in total. The van der Waals surface area contributed by atoms with Crippen molar-refractivity contribution in [1.29, 1.82) is 0 Å². The minimum absolute atomic E-state index is 0.0167. The van der Waals surface area contributed by atoms with Crippen molar-refractivity contribution >= 4 is 35.2 Å². The van der Waals surface area contributed by atoms with E-state index in [1.165, 1.54) is 4.90 Å². The molecule has 0 radical (unpaired) electrons. The van der Waals surface area contributed by atoms with Gasteiger partial charge < -0.3 is 4.74 Å². The third kappa shape index (κ3) is 4.77. The SMILES string of the molecule is O=C(CSc1cc(F)ccc1F)NNC(=O)CN1C(=O)COc2ccccc21.